The van der Waals surface area contributed by atoms with Crippen LogP contribution >= 0.6 is 0 Å². The van der Waals surface area contributed by atoms with Crippen LogP contribution in [0.3, 0.4) is 0 Å². The van der Waals surface area contributed by atoms with E-state index in [0.29, 0.717) is 41.3 Å². The highest BCUT2D eigenvalue weighted by Gasteiger charge is 2.19. The second kappa shape index (κ2) is 8.19. The predicted octanol–water partition coefficient (Wildman–Crippen LogP) is 3.42. The van der Waals surface area contributed by atoms with Crippen LogP contribution in [0.5, 0.6) is 5.75 Å². The van der Waals surface area contributed by atoms with E-state index in [9.17, 15) is 9.59 Å². The van der Waals surface area contributed by atoms with Gasteiger partial charge in [0.25, 0.3) is 0 Å². The molecule has 0 atom stereocenters. The van der Waals surface area contributed by atoms with Gasteiger partial charge in [-0.1, -0.05) is 0 Å². The number of hydrogen-bond acceptors (Lipinski definition) is 6. The molecule has 0 saturated carbocycles. The summed E-state index contributed by atoms with van der Waals surface area (Å²) in [5.41, 5.74) is 0.990. The standard InChI is InChI=1S/C18H20O6/c1-4-21-16(19)7-6-10-23-13-8-9-15-14(11-13)17(12(3)24-15)18(20)22-5-2/h6-9,11H,4-5,10H2,1-3H3/b7-6+. The van der Waals surface area contributed by atoms with Crippen LogP contribution in [0.1, 0.15) is 30.0 Å². The Labute approximate surface area is 140 Å². The third-order valence-corrected chi connectivity index (χ3v) is 3.20. The van der Waals surface area contributed by atoms with Crippen molar-refractivity contribution in [1.82, 2.24) is 0 Å². The number of aryl methyl sites for hydroxylation is 1. The normalized spacial score (nSPS) is 11.0. The molecule has 1 aromatic heterocycles. The number of fused-ring (bicyclic) bond motifs is 1. The highest BCUT2D eigenvalue weighted by Crippen LogP contribution is 2.29. The molecule has 0 aliphatic heterocycles. The summed E-state index contributed by atoms with van der Waals surface area (Å²) in [6, 6.07) is 5.18. The number of carbonyl (C=O) groups is 2. The van der Waals surface area contributed by atoms with E-state index in [1.165, 1.54) is 6.08 Å². The zero-order valence-electron chi connectivity index (χ0n) is 14.0. The van der Waals surface area contributed by atoms with E-state index in [0.717, 1.165) is 0 Å². The quantitative estimate of drug-likeness (QED) is 0.571. The van der Waals surface area contributed by atoms with Crippen LogP contribution in [0.25, 0.3) is 11.0 Å². The van der Waals surface area contributed by atoms with Crippen molar-refractivity contribution < 1.29 is 28.2 Å². The predicted molar refractivity (Wildman–Crippen MR) is 88.2 cm³/mol. The van der Waals surface area contributed by atoms with Gasteiger partial charge in [0.15, 0.2) is 0 Å². The van der Waals surface area contributed by atoms with Crippen molar-refractivity contribution in [3.05, 3.63) is 41.7 Å². The Morgan fingerprint density at radius 1 is 1.17 bits per heavy atom. The lowest BCUT2D eigenvalue weighted by Crippen LogP contribution is -2.05. The average molecular weight is 332 g/mol. The van der Waals surface area contributed by atoms with Gasteiger partial charge in [0, 0.05) is 11.5 Å². The van der Waals surface area contributed by atoms with Crippen molar-refractivity contribution in [2.24, 2.45) is 0 Å². The van der Waals surface area contributed by atoms with Crippen molar-refractivity contribution in [2.75, 3.05) is 19.8 Å². The van der Waals surface area contributed by atoms with Gasteiger partial charge in [-0.15, -0.1) is 0 Å². The van der Waals surface area contributed by atoms with Gasteiger partial charge in [0.05, 0.1) is 13.2 Å². The molecule has 0 amide bonds. The smallest absolute Gasteiger partial charge is 0.342 e. The number of carbonyl (C=O) groups excluding carboxylic acids is 2. The van der Waals surface area contributed by atoms with Crippen LogP contribution in [0.2, 0.25) is 0 Å². The first-order valence-electron chi connectivity index (χ1n) is 7.73. The Balaban J connectivity index is 2.14. The first-order chi connectivity index (χ1) is 11.6. The van der Waals surface area contributed by atoms with Crippen molar-refractivity contribution in [3.63, 3.8) is 0 Å². The topological polar surface area (TPSA) is 75.0 Å². The second-order valence-electron chi connectivity index (χ2n) is 4.88. The van der Waals surface area contributed by atoms with E-state index in [2.05, 4.69) is 0 Å². The highest BCUT2D eigenvalue weighted by molar-refractivity contribution is 6.04. The first kappa shape index (κ1) is 17.6. The zero-order valence-corrected chi connectivity index (χ0v) is 14.0. The van der Waals surface area contributed by atoms with Crippen molar-refractivity contribution >= 4 is 22.9 Å². The highest BCUT2D eigenvalue weighted by atomic mass is 16.5. The Kier molecular flexibility index (Phi) is 6.01. The molecule has 0 unspecified atom stereocenters. The average Bonchev–Trinajstić information content (AvgIpc) is 2.87. The van der Waals surface area contributed by atoms with Crippen LogP contribution in [0.4, 0.5) is 0 Å². The lowest BCUT2D eigenvalue weighted by Gasteiger charge is -2.04. The molecule has 0 aliphatic rings. The molecule has 6 heteroatoms. The summed E-state index contributed by atoms with van der Waals surface area (Å²) in [6.07, 6.45) is 2.88. The third kappa shape index (κ3) is 4.16. The number of ether oxygens (including phenoxy) is 3. The Morgan fingerprint density at radius 2 is 1.92 bits per heavy atom. The number of furan rings is 1. The molecular formula is C18H20O6. The van der Waals surface area contributed by atoms with Crippen LogP contribution in [-0.4, -0.2) is 31.8 Å². The molecule has 2 aromatic rings. The van der Waals surface area contributed by atoms with Gasteiger partial charge < -0.3 is 18.6 Å². The van der Waals surface area contributed by atoms with Crippen LogP contribution in [0.15, 0.2) is 34.8 Å². The summed E-state index contributed by atoms with van der Waals surface area (Å²) in [5, 5.41) is 0.637. The van der Waals surface area contributed by atoms with Gasteiger partial charge in [-0.2, -0.15) is 0 Å². The lowest BCUT2D eigenvalue weighted by atomic mass is 10.1. The number of hydrogen-bond donors (Lipinski definition) is 0. The zero-order chi connectivity index (χ0) is 17.5. The number of benzene rings is 1. The second-order valence-corrected chi connectivity index (χ2v) is 4.88. The van der Waals surface area contributed by atoms with Gasteiger partial charge in [-0.3, -0.25) is 0 Å². The van der Waals surface area contributed by atoms with Crippen molar-refractivity contribution in [2.45, 2.75) is 20.8 Å². The molecule has 0 radical (unpaired) electrons. The van der Waals surface area contributed by atoms with Crippen LogP contribution < -0.4 is 4.74 Å². The van der Waals surface area contributed by atoms with Crippen LogP contribution in [-0.2, 0) is 14.3 Å². The third-order valence-electron chi connectivity index (χ3n) is 3.20. The van der Waals surface area contributed by atoms with Gasteiger partial charge in [0.2, 0.25) is 0 Å². The maximum atomic E-state index is 12.1. The maximum absolute atomic E-state index is 12.1. The molecule has 2 rings (SSSR count). The van der Waals surface area contributed by atoms with E-state index in [4.69, 9.17) is 18.6 Å². The van der Waals surface area contributed by atoms with Crippen molar-refractivity contribution in [3.8, 4) is 5.75 Å². The maximum Gasteiger partial charge on any atom is 0.342 e. The monoisotopic (exact) mass is 332 g/mol. The minimum absolute atomic E-state index is 0.204. The van der Waals surface area contributed by atoms with E-state index in [1.807, 2.05) is 0 Å². The number of esters is 2. The molecule has 24 heavy (non-hydrogen) atoms. The SMILES string of the molecule is CCOC(=O)/C=C/COc1ccc2oc(C)c(C(=O)OCC)c2c1. The van der Waals surface area contributed by atoms with E-state index in [1.54, 1.807) is 45.0 Å². The number of rotatable bonds is 7. The largest absolute Gasteiger partial charge is 0.490 e. The minimum atomic E-state index is -0.423. The fourth-order valence-electron chi connectivity index (χ4n) is 2.22. The summed E-state index contributed by atoms with van der Waals surface area (Å²) in [6.45, 7) is 6.03. The van der Waals surface area contributed by atoms with E-state index < -0.39 is 11.9 Å². The Morgan fingerprint density at radius 3 is 2.62 bits per heavy atom. The molecule has 1 heterocycles. The summed E-state index contributed by atoms with van der Waals surface area (Å²) in [5.74, 6) is 0.227. The van der Waals surface area contributed by atoms with E-state index in [-0.39, 0.29) is 6.61 Å². The Bertz CT molecular complexity index is 756. The Hall–Kier alpha value is -2.76. The van der Waals surface area contributed by atoms with E-state index >= 15 is 0 Å². The molecule has 0 N–H and O–H groups in total. The lowest BCUT2D eigenvalue weighted by molar-refractivity contribution is -0.137. The molecule has 0 aliphatic carbocycles. The molecule has 0 bridgehead atoms. The van der Waals surface area contributed by atoms with Gasteiger partial charge in [0.1, 0.15) is 29.3 Å². The molecule has 6 nitrogen and oxygen atoms in total. The fraction of sp³-hybridized carbons (Fsp3) is 0.333. The molecule has 128 valence electrons. The first-order valence-corrected chi connectivity index (χ1v) is 7.73. The van der Waals surface area contributed by atoms with Crippen molar-refractivity contribution in [1.29, 1.82) is 0 Å². The van der Waals surface area contributed by atoms with Gasteiger partial charge in [-0.25, -0.2) is 9.59 Å². The summed E-state index contributed by atoms with van der Waals surface area (Å²) < 4.78 is 21.0. The molecule has 1 aromatic carbocycles. The summed E-state index contributed by atoms with van der Waals surface area (Å²) in [4.78, 5) is 23.2. The van der Waals surface area contributed by atoms with Gasteiger partial charge >= 0.3 is 11.9 Å². The molecule has 0 fully saturated rings. The fourth-order valence-corrected chi connectivity index (χ4v) is 2.22. The minimum Gasteiger partial charge on any atom is -0.490 e. The van der Waals surface area contributed by atoms with Crippen LogP contribution in [0, 0.1) is 6.92 Å². The molecule has 0 spiro atoms. The summed E-state index contributed by atoms with van der Waals surface area (Å²) >= 11 is 0. The molecule has 0 saturated heterocycles. The van der Waals surface area contributed by atoms with Gasteiger partial charge in [-0.05, 0) is 45.0 Å². The molecular weight excluding hydrogens is 312 g/mol. The summed E-state index contributed by atoms with van der Waals surface area (Å²) in [7, 11) is 0.